The van der Waals surface area contributed by atoms with Gasteiger partial charge in [-0.25, -0.2) is 8.42 Å². The van der Waals surface area contributed by atoms with Crippen LogP contribution in [0.15, 0.2) is 23.1 Å². The summed E-state index contributed by atoms with van der Waals surface area (Å²) in [6, 6.07) is 4.11. The Labute approximate surface area is 105 Å². The van der Waals surface area contributed by atoms with Gasteiger partial charge in [-0.3, -0.25) is 10.1 Å². The first kappa shape index (κ1) is 14.6. The first-order valence-corrected chi connectivity index (χ1v) is 7.31. The maximum atomic E-state index is 11.5. The molecule has 1 aromatic rings. The summed E-state index contributed by atoms with van der Waals surface area (Å²) in [6.07, 6.45) is 0.713. The van der Waals surface area contributed by atoms with Crippen molar-refractivity contribution in [3.8, 4) is 0 Å². The van der Waals surface area contributed by atoms with Crippen molar-refractivity contribution < 1.29 is 18.4 Å². The van der Waals surface area contributed by atoms with Crippen LogP contribution in [-0.4, -0.2) is 30.8 Å². The highest BCUT2D eigenvalue weighted by Crippen LogP contribution is 2.29. The van der Waals surface area contributed by atoms with E-state index in [0.717, 1.165) is 6.26 Å². The molecular weight excluding hydrogens is 258 g/mol. The third-order valence-electron chi connectivity index (χ3n) is 2.59. The largest absolute Gasteiger partial charge is 0.393 e. The summed E-state index contributed by atoms with van der Waals surface area (Å²) in [5, 5.41) is 20.6. The Morgan fingerprint density at radius 1 is 1.44 bits per heavy atom. The Morgan fingerprint density at radius 3 is 2.50 bits per heavy atom. The van der Waals surface area contributed by atoms with E-state index in [1.165, 1.54) is 18.2 Å². The molecule has 0 saturated heterocycles. The Morgan fingerprint density at radius 2 is 2.06 bits per heavy atom. The highest BCUT2D eigenvalue weighted by atomic mass is 32.2. The molecule has 0 aromatic heterocycles. The molecule has 0 bridgehead atoms. The lowest BCUT2D eigenvalue weighted by atomic mass is 10.0. The van der Waals surface area contributed by atoms with Gasteiger partial charge in [0.1, 0.15) is 4.90 Å². The number of nitro groups is 1. The monoisotopic (exact) mass is 273 g/mol. The fourth-order valence-electron chi connectivity index (χ4n) is 1.64. The van der Waals surface area contributed by atoms with Crippen LogP contribution in [0.2, 0.25) is 0 Å². The second kappa shape index (κ2) is 5.45. The summed E-state index contributed by atoms with van der Waals surface area (Å²) in [7, 11) is -3.67. The number of para-hydroxylation sites is 1. The second-order valence-corrected chi connectivity index (χ2v) is 6.04. The summed E-state index contributed by atoms with van der Waals surface area (Å²) >= 11 is 0. The lowest BCUT2D eigenvalue weighted by Gasteiger charge is -2.10. The van der Waals surface area contributed by atoms with Crippen molar-refractivity contribution in [2.24, 2.45) is 0 Å². The lowest BCUT2D eigenvalue weighted by Crippen LogP contribution is -2.12. The normalized spacial score (nSPS) is 13.3. The molecule has 7 heteroatoms. The van der Waals surface area contributed by atoms with Crippen LogP contribution in [0, 0.1) is 10.1 Å². The minimum Gasteiger partial charge on any atom is -0.393 e. The topological polar surface area (TPSA) is 97.5 Å². The average Bonchev–Trinajstić information content (AvgIpc) is 2.27. The fraction of sp³-hybridized carbons (Fsp3) is 0.455. The van der Waals surface area contributed by atoms with E-state index >= 15 is 0 Å². The zero-order valence-electron chi connectivity index (χ0n) is 10.2. The maximum Gasteiger partial charge on any atom is 0.291 e. The van der Waals surface area contributed by atoms with Gasteiger partial charge in [0.2, 0.25) is 0 Å². The summed E-state index contributed by atoms with van der Waals surface area (Å²) in [5.41, 5.74) is -0.204. The van der Waals surface area contributed by atoms with Crippen molar-refractivity contribution in [1.82, 2.24) is 0 Å². The van der Waals surface area contributed by atoms with Crippen LogP contribution in [0.5, 0.6) is 0 Å². The number of benzene rings is 1. The molecule has 0 heterocycles. The molecule has 0 fully saturated rings. The highest BCUT2D eigenvalue weighted by Gasteiger charge is 2.26. The molecule has 0 amide bonds. The number of nitro benzene ring substituents is 1. The van der Waals surface area contributed by atoms with Crippen LogP contribution < -0.4 is 0 Å². The Balaban J connectivity index is 3.40. The predicted molar refractivity (Wildman–Crippen MR) is 66.2 cm³/mol. The van der Waals surface area contributed by atoms with Crippen molar-refractivity contribution in [2.45, 2.75) is 30.8 Å². The van der Waals surface area contributed by atoms with Gasteiger partial charge in [0.25, 0.3) is 5.69 Å². The SMILES string of the molecule is CCC(O)Cc1cccc(S(C)(=O)=O)c1[N+](=O)[O-]. The Hall–Kier alpha value is -1.47. The fourth-order valence-corrected chi connectivity index (χ4v) is 2.52. The van der Waals surface area contributed by atoms with E-state index in [1.54, 1.807) is 6.92 Å². The Kier molecular flexibility index (Phi) is 4.42. The Bertz CT molecular complexity index is 553. The van der Waals surface area contributed by atoms with Gasteiger partial charge < -0.3 is 5.11 Å². The van der Waals surface area contributed by atoms with E-state index in [4.69, 9.17) is 0 Å². The average molecular weight is 273 g/mol. The van der Waals surface area contributed by atoms with Gasteiger partial charge in [-0.1, -0.05) is 19.1 Å². The standard InChI is InChI=1S/C11H15NO5S/c1-3-9(13)7-8-5-4-6-10(18(2,16)17)11(8)12(14)15/h4-6,9,13H,3,7H2,1-2H3. The quantitative estimate of drug-likeness (QED) is 0.644. The zero-order chi connectivity index (χ0) is 13.9. The van der Waals surface area contributed by atoms with Crippen molar-refractivity contribution in [1.29, 1.82) is 0 Å². The van der Waals surface area contributed by atoms with Crippen LogP contribution in [0.1, 0.15) is 18.9 Å². The van der Waals surface area contributed by atoms with Crippen molar-refractivity contribution in [2.75, 3.05) is 6.26 Å². The summed E-state index contributed by atoms with van der Waals surface area (Å²) in [4.78, 5) is 9.99. The van der Waals surface area contributed by atoms with Gasteiger partial charge >= 0.3 is 0 Å². The third-order valence-corrected chi connectivity index (χ3v) is 3.72. The molecule has 1 rings (SSSR count). The lowest BCUT2D eigenvalue weighted by molar-refractivity contribution is -0.388. The minimum atomic E-state index is -3.67. The molecule has 1 atom stereocenters. The number of aliphatic hydroxyl groups is 1. The van der Waals surface area contributed by atoms with Crippen molar-refractivity contribution in [3.05, 3.63) is 33.9 Å². The van der Waals surface area contributed by atoms with E-state index in [9.17, 15) is 23.6 Å². The van der Waals surface area contributed by atoms with E-state index in [-0.39, 0.29) is 16.9 Å². The van der Waals surface area contributed by atoms with E-state index in [1.807, 2.05) is 0 Å². The predicted octanol–water partition coefficient (Wildman–Crippen LogP) is 1.31. The molecule has 0 spiro atoms. The molecule has 1 unspecified atom stereocenters. The first-order valence-electron chi connectivity index (χ1n) is 5.41. The molecule has 0 aliphatic carbocycles. The molecule has 0 radical (unpaired) electrons. The van der Waals surface area contributed by atoms with Crippen molar-refractivity contribution in [3.63, 3.8) is 0 Å². The van der Waals surface area contributed by atoms with Crippen LogP contribution in [0.3, 0.4) is 0 Å². The molecule has 100 valence electrons. The molecule has 1 aromatic carbocycles. The third kappa shape index (κ3) is 3.27. The van der Waals surface area contributed by atoms with E-state index < -0.39 is 26.6 Å². The first-order chi connectivity index (χ1) is 8.27. The van der Waals surface area contributed by atoms with E-state index in [2.05, 4.69) is 0 Å². The van der Waals surface area contributed by atoms with E-state index in [0.29, 0.717) is 6.42 Å². The van der Waals surface area contributed by atoms with Crippen LogP contribution >= 0.6 is 0 Å². The van der Waals surface area contributed by atoms with Crippen LogP contribution in [0.25, 0.3) is 0 Å². The minimum absolute atomic E-state index is 0.0656. The molecule has 18 heavy (non-hydrogen) atoms. The summed E-state index contributed by atoms with van der Waals surface area (Å²) in [6.45, 7) is 1.75. The highest BCUT2D eigenvalue weighted by molar-refractivity contribution is 7.90. The van der Waals surface area contributed by atoms with Gasteiger partial charge in [0.15, 0.2) is 9.84 Å². The molecule has 0 saturated carbocycles. The van der Waals surface area contributed by atoms with Gasteiger partial charge in [-0.2, -0.15) is 0 Å². The number of rotatable bonds is 5. The number of aliphatic hydroxyl groups excluding tert-OH is 1. The van der Waals surface area contributed by atoms with Crippen molar-refractivity contribution >= 4 is 15.5 Å². The molecule has 1 N–H and O–H groups in total. The number of nitrogens with zero attached hydrogens (tertiary/aromatic N) is 1. The molecular formula is C11H15NO5S. The van der Waals surface area contributed by atoms with Gasteiger partial charge in [0, 0.05) is 18.2 Å². The molecule has 0 aliphatic heterocycles. The number of hydrogen-bond donors (Lipinski definition) is 1. The van der Waals surface area contributed by atoms with Gasteiger partial charge in [-0.05, 0) is 12.5 Å². The number of sulfone groups is 1. The molecule has 6 nitrogen and oxygen atoms in total. The zero-order valence-corrected chi connectivity index (χ0v) is 11.0. The summed E-state index contributed by atoms with van der Waals surface area (Å²) in [5.74, 6) is 0. The van der Waals surface area contributed by atoms with Gasteiger partial charge in [-0.15, -0.1) is 0 Å². The van der Waals surface area contributed by atoms with Crippen LogP contribution in [0.4, 0.5) is 5.69 Å². The second-order valence-electron chi connectivity index (χ2n) is 4.06. The molecule has 0 aliphatic rings. The van der Waals surface area contributed by atoms with Crippen LogP contribution in [-0.2, 0) is 16.3 Å². The smallest absolute Gasteiger partial charge is 0.291 e. The number of hydrogen-bond acceptors (Lipinski definition) is 5. The summed E-state index contributed by atoms with van der Waals surface area (Å²) < 4.78 is 23.0. The van der Waals surface area contributed by atoms with Gasteiger partial charge in [0.05, 0.1) is 11.0 Å². The maximum absolute atomic E-state index is 11.5.